The molecule has 4 atom stereocenters. The van der Waals surface area contributed by atoms with Crippen LogP contribution in [0.15, 0.2) is 36.4 Å². The van der Waals surface area contributed by atoms with Crippen molar-refractivity contribution in [2.45, 2.75) is 12.3 Å². The van der Waals surface area contributed by atoms with Crippen LogP contribution in [-0.4, -0.2) is 0 Å². The largest absolute Gasteiger partial charge is 0.198 e. The molecule has 2 aliphatic carbocycles. The van der Waals surface area contributed by atoms with Crippen molar-refractivity contribution in [2.24, 2.45) is 17.8 Å². The number of allylic oxidation sites excluding steroid dienone is 2. The summed E-state index contributed by atoms with van der Waals surface area (Å²) < 4.78 is 0. The van der Waals surface area contributed by atoms with Crippen LogP contribution in [0.5, 0.6) is 0 Å². The van der Waals surface area contributed by atoms with Gasteiger partial charge in [-0.25, -0.2) is 0 Å². The van der Waals surface area contributed by atoms with E-state index in [2.05, 4.69) is 30.4 Å². The van der Waals surface area contributed by atoms with Gasteiger partial charge in [0.2, 0.25) is 0 Å². The second-order valence-corrected chi connectivity index (χ2v) is 5.12. The van der Waals surface area contributed by atoms with Crippen LogP contribution in [0.4, 0.5) is 0 Å². The standard InChI is InChI=1S/C14H12ClN/c15-12-5-3-9(4-6-12)14-11-2-1-10(7-11)13(14)8-16/h1-6,10-11,13-14H,7H2/t10-,11+,13-,14+/m1/s1. The van der Waals surface area contributed by atoms with E-state index in [0.29, 0.717) is 17.8 Å². The summed E-state index contributed by atoms with van der Waals surface area (Å²) in [7, 11) is 0. The summed E-state index contributed by atoms with van der Waals surface area (Å²) in [6.07, 6.45) is 5.63. The van der Waals surface area contributed by atoms with Crippen molar-refractivity contribution in [3.8, 4) is 6.07 Å². The Morgan fingerprint density at radius 1 is 1.12 bits per heavy atom. The number of nitrogens with zero attached hydrogens (tertiary/aromatic N) is 1. The number of fused-ring (bicyclic) bond motifs is 2. The molecule has 3 rings (SSSR count). The zero-order chi connectivity index (χ0) is 11.1. The predicted molar refractivity (Wildman–Crippen MR) is 64.0 cm³/mol. The van der Waals surface area contributed by atoms with E-state index in [1.54, 1.807) is 0 Å². The van der Waals surface area contributed by atoms with E-state index in [4.69, 9.17) is 11.6 Å². The maximum atomic E-state index is 9.26. The molecule has 0 unspecified atom stereocenters. The number of rotatable bonds is 1. The fourth-order valence-corrected chi connectivity index (χ4v) is 3.26. The third kappa shape index (κ3) is 1.37. The van der Waals surface area contributed by atoms with E-state index >= 15 is 0 Å². The molecule has 1 saturated carbocycles. The second kappa shape index (κ2) is 3.64. The number of halogens is 1. The summed E-state index contributed by atoms with van der Waals surface area (Å²) in [6, 6.07) is 10.4. The van der Waals surface area contributed by atoms with Gasteiger partial charge in [0.05, 0.1) is 12.0 Å². The Morgan fingerprint density at radius 3 is 2.50 bits per heavy atom. The smallest absolute Gasteiger partial charge is 0.0668 e. The first-order valence-corrected chi connectivity index (χ1v) is 6.01. The third-order valence-corrected chi connectivity index (χ3v) is 4.12. The van der Waals surface area contributed by atoms with Crippen molar-refractivity contribution in [1.29, 1.82) is 5.26 Å². The van der Waals surface area contributed by atoms with Crippen LogP contribution in [0, 0.1) is 29.1 Å². The summed E-state index contributed by atoms with van der Waals surface area (Å²) in [6.45, 7) is 0. The van der Waals surface area contributed by atoms with Crippen LogP contribution in [0.1, 0.15) is 17.9 Å². The lowest BCUT2D eigenvalue weighted by Crippen LogP contribution is -2.15. The number of benzene rings is 1. The summed E-state index contributed by atoms with van der Waals surface area (Å²) >= 11 is 5.89. The normalized spacial score (nSPS) is 35.2. The van der Waals surface area contributed by atoms with Gasteiger partial charge in [-0.1, -0.05) is 35.9 Å². The fourth-order valence-electron chi connectivity index (χ4n) is 3.14. The van der Waals surface area contributed by atoms with Crippen molar-refractivity contribution in [1.82, 2.24) is 0 Å². The van der Waals surface area contributed by atoms with Gasteiger partial charge in [-0.2, -0.15) is 5.26 Å². The molecule has 0 radical (unpaired) electrons. The van der Waals surface area contributed by atoms with Gasteiger partial charge in [0.25, 0.3) is 0 Å². The van der Waals surface area contributed by atoms with Gasteiger partial charge in [-0.15, -0.1) is 0 Å². The van der Waals surface area contributed by atoms with Crippen LogP contribution in [-0.2, 0) is 0 Å². The summed E-state index contributed by atoms with van der Waals surface area (Å²) in [5, 5.41) is 10.0. The van der Waals surface area contributed by atoms with E-state index in [-0.39, 0.29) is 5.92 Å². The first kappa shape index (κ1) is 9.93. The summed E-state index contributed by atoms with van der Waals surface area (Å²) in [5.74, 6) is 1.54. The minimum atomic E-state index is 0.149. The highest BCUT2D eigenvalue weighted by atomic mass is 35.5. The Balaban J connectivity index is 1.98. The van der Waals surface area contributed by atoms with Crippen molar-refractivity contribution in [3.05, 3.63) is 47.0 Å². The molecule has 1 aromatic carbocycles. The van der Waals surface area contributed by atoms with Crippen molar-refractivity contribution >= 4 is 11.6 Å². The summed E-state index contributed by atoms with van der Waals surface area (Å²) in [5.41, 5.74) is 1.26. The quantitative estimate of drug-likeness (QED) is 0.673. The molecule has 0 aromatic heterocycles. The molecule has 80 valence electrons. The van der Waals surface area contributed by atoms with Crippen LogP contribution in [0.2, 0.25) is 5.02 Å². The average molecular weight is 230 g/mol. The average Bonchev–Trinajstić information content (AvgIpc) is 2.89. The Hall–Kier alpha value is -1.26. The Kier molecular flexibility index (Phi) is 2.26. The molecule has 0 heterocycles. The molecule has 0 spiro atoms. The molecule has 0 amide bonds. The maximum Gasteiger partial charge on any atom is 0.0668 e. The van der Waals surface area contributed by atoms with Gasteiger partial charge >= 0.3 is 0 Å². The molecule has 1 fully saturated rings. The van der Waals surface area contributed by atoms with Crippen LogP contribution in [0.3, 0.4) is 0 Å². The van der Waals surface area contributed by atoms with Gasteiger partial charge in [0.15, 0.2) is 0 Å². The molecular formula is C14H12ClN. The predicted octanol–water partition coefficient (Wildman–Crippen LogP) is 3.77. The van der Waals surface area contributed by atoms with Gasteiger partial charge in [-0.05, 0) is 36.0 Å². The summed E-state index contributed by atoms with van der Waals surface area (Å²) in [4.78, 5) is 0. The molecule has 2 aliphatic rings. The molecule has 2 heteroatoms. The van der Waals surface area contributed by atoms with Crippen LogP contribution < -0.4 is 0 Å². The molecular weight excluding hydrogens is 218 g/mol. The van der Waals surface area contributed by atoms with E-state index < -0.39 is 0 Å². The van der Waals surface area contributed by atoms with Gasteiger partial charge in [0, 0.05) is 10.9 Å². The van der Waals surface area contributed by atoms with Gasteiger partial charge in [0.1, 0.15) is 0 Å². The second-order valence-electron chi connectivity index (χ2n) is 4.68. The molecule has 16 heavy (non-hydrogen) atoms. The molecule has 0 N–H and O–H groups in total. The Morgan fingerprint density at radius 2 is 1.81 bits per heavy atom. The zero-order valence-electron chi connectivity index (χ0n) is 8.81. The first-order valence-electron chi connectivity index (χ1n) is 5.63. The van der Waals surface area contributed by atoms with Gasteiger partial charge < -0.3 is 0 Å². The highest BCUT2D eigenvalue weighted by molar-refractivity contribution is 6.30. The van der Waals surface area contributed by atoms with Crippen molar-refractivity contribution in [2.75, 3.05) is 0 Å². The van der Waals surface area contributed by atoms with E-state index in [9.17, 15) is 5.26 Å². The lowest BCUT2D eigenvalue weighted by molar-refractivity contribution is 0.488. The fraction of sp³-hybridized carbons (Fsp3) is 0.357. The van der Waals surface area contributed by atoms with E-state index in [0.717, 1.165) is 11.4 Å². The molecule has 1 nitrogen and oxygen atoms in total. The topological polar surface area (TPSA) is 23.8 Å². The highest BCUT2D eigenvalue weighted by Gasteiger charge is 2.45. The Bertz CT molecular complexity index is 469. The van der Waals surface area contributed by atoms with Crippen LogP contribution in [0.25, 0.3) is 0 Å². The van der Waals surface area contributed by atoms with Crippen molar-refractivity contribution < 1.29 is 0 Å². The monoisotopic (exact) mass is 229 g/mol. The number of nitriles is 1. The van der Waals surface area contributed by atoms with E-state index in [1.165, 1.54) is 5.56 Å². The lowest BCUT2D eigenvalue weighted by Gasteiger charge is -2.23. The lowest BCUT2D eigenvalue weighted by atomic mass is 9.79. The first-order chi connectivity index (χ1) is 7.79. The molecule has 2 bridgehead atoms. The minimum Gasteiger partial charge on any atom is -0.198 e. The molecule has 0 saturated heterocycles. The van der Waals surface area contributed by atoms with Crippen molar-refractivity contribution in [3.63, 3.8) is 0 Å². The molecule has 0 aliphatic heterocycles. The maximum absolute atomic E-state index is 9.26. The van der Waals surface area contributed by atoms with Gasteiger partial charge in [-0.3, -0.25) is 0 Å². The number of hydrogen-bond acceptors (Lipinski definition) is 1. The van der Waals surface area contributed by atoms with E-state index in [1.807, 2.05) is 12.1 Å². The Labute approximate surface area is 100 Å². The van der Waals surface area contributed by atoms with Crippen LogP contribution >= 0.6 is 11.6 Å². The zero-order valence-corrected chi connectivity index (χ0v) is 9.56. The highest BCUT2D eigenvalue weighted by Crippen LogP contribution is 2.52. The number of hydrogen-bond donors (Lipinski definition) is 0. The third-order valence-electron chi connectivity index (χ3n) is 3.86. The SMILES string of the molecule is N#C[C@H]1[C@@H](c2ccc(Cl)cc2)[C@H]2C=C[C@@H]1C2. The minimum absolute atomic E-state index is 0.149. The molecule has 1 aromatic rings.